The van der Waals surface area contributed by atoms with Crippen molar-refractivity contribution >= 4 is 21.6 Å². The molecule has 0 bridgehead atoms. The first kappa shape index (κ1) is 16.8. The summed E-state index contributed by atoms with van der Waals surface area (Å²) in [6.07, 6.45) is 3.78. The number of halogens is 1. The molecule has 4 heteroatoms. The van der Waals surface area contributed by atoms with Gasteiger partial charge in [-0.3, -0.25) is 0 Å². The quantitative estimate of drug-likeness (QED) is 0.757. The number of rotatable bonds is 7. The molecule has 0 aromatic heterocycles. The third-order valence-corrected chi connectivity index (χ3v) is 4.55. The lowest BCUT2D eigenvalue weighted by Gasteiger charge is -2.31. The van der Waals surface area contributed by atoms with Crippen LogP contribution in [0.5, 0.6) is 0 Å². The van der Waals surface area contributed by atoms with Crippen molar-refractivity contribution in [1.29, 1.82) is 0 Å². The van der Waals surface area contributed by atoms with Crippen molar-refractivity contribution in [2.45, 2.75) is 38.8 Å². The Kier molecular flexibility index (Phi) is 6.52. The van der Waals surface area contributed by atoms with E-state index in [1.165, 1.54) is 41.5 Å². The third kappa shape index (κ3) is 4.70. The summed E-state index contributed by atoms with van der Waals surface area (Å²) in [5.74, 6) is 0. The Morgan fingerprint density at radius 3 is 2.90 bits per heavy atom. The second kappa shape index (κ2) is 8.16. The zero-order valence-electron chi connectivity index (χ0n) is 13.5. The van der Waals surface area contributed by atoms with E-state index in [0.29, 0.717) is 6.04 Å². The van der Waals surface area contributed by atoms with Crippen molar-refractivity contribution in [3.63, 3.8) is 0 Å². The predicted molar refractivity (Wildman–Crippen MR) is 95.1 cm³/mol. The number of benzene rings is 1. The summed E-state index contributed by atoms with van der Waals surface area (Å²) in [5.41, 5.74) is 2.81. The van der Waals surface area contributed by atoms with Gasteiger partial charge in [0.05, 0.1) is 0 Å². The van der Waals surface area contributed by atoms with Gasteiger partial charge in [-0.2, -0.15) is 0 Å². The van der Waals surface area contributed by atoms with Gasteiger partial charge >= 0.3 is 0 Å². The molecule has 1 heterocycles. The number of hydrogen-bond acceptors (Lipinski definition) is 3. The molecule has 1 aromatic carbocycles. The average molecular weight is 354 g/mol. The maximum atomic E-state index is 3.64. The summed E-state index contributed by atoms with van der Waals surface area (Å²) in [4.78, 5) is 4.91. The molecule has 1 saturated heterocycles. The summed E-state index contributed by atoms with van der Waals surface area (Å²) >= 11 is 3.64. The van der Waals surface area contributed by atoms with Crippen LogP contribution in [0.2, 0.25) is 0 Å². The summed E-state index contributed by atoms with van der Waals surface area (Å²) in [6, 6.07) is 7.34. The Bertz CT molecular complexity index is 448. The fourth-order valence-electron chi connectivity index (χ4n) is 3.12. The Morgan fingerprint density at radius 1 is 1.38 bits per heavy atom. The fraction of sp³-hybridized carbons (Fsp3) is 0.647. The number of nitrogens with one attached hydrogen (secondary N) is 1. The van der Waals surface area contributed by atoms with Crippen LogP contribution in [-0.2, 0) is 6.54 Å². The maximum absolute atomic E-state index is 3.64. The number of likely N-dealkylation sites (N-methyl/N-ethyl adjacent to an activating group) is 1. The van der Waals surface area contributed by atoms with Gasteiger partial charge in [-0.1, -0.05) is 28.9 Å². The smallest absolute Gasteiger partial charge is 0.0426 e. The van der Waals surface area contributed by atoms with E-state index in [0.717, 1.165) is 19.6 Å². The second-order valence-electron chi connectivity index (χ2n) is 6.20. The molecule has 1 N–H and O–H groups in total. The van der Waals surface area contributed by atoms with Crippen molar-refractivity contribution in [1.82, 2.24) is 10.2 Å². The van der Waals surface area contributed by atoms with Crippen LogP contribution < -0.4 is 10.2 Å². The summed E-state index contributed by atoms with van der Waals surface area (Å²) in [6.45, 7) is 6.56. The van der Waals surface area contributed by atoms with Gasteiger partial charge in [0.15, 0.2) is 0 Å². The lowest BCUT2D eigenvalue weighted by atomic mass is 10.1. The Labute approximate surface area is 137 Å². The van der Waals surface area contributed by atoms with Crippen LogP contribution in [0.1, 0.15) is 31.7 Å². The minimum absolute atomic E-state index is 0.638. The van der Waals surface area contributed by atoms with Crippen molar-refractivity contribution in [3.8, 4) is 0 Å². The number of nitrogens with zero attached hydrogens (tertiary/aromatic N) is 2. The van der Waals surface area contributed by atoms with Gasteiger partial charge in [0, 0.05) is 35.8 Å². The van der Waals surface area contributed by atoms with E-state index in [1.54, 1.807) is 0 Å². The lowest BCUT2D eigenvalue weighted by Crippen LogP contribution is -2.38. The third-order valence-electron chi connectivity index (χ3n) is 4.05. The van der Waals surface area contributed by atoms with Gasteiger partial charge in [0.1, 0.15) is 0 Å². The molecule has 118 valence electrons. The molecule has 1 atom stereocenters. The zero-order chi connectivity index (χ0) is 15.2. The average Bonchev–Trinajstić information content (AvgIpc) is 2.87. The zero-order valence-corrected chi connectivity index (χ0v) is 15.1. The highest BCUT2D eigenvalue weighted by Crippen LogP contribution is 2.31. The van der Waals surface area contributed by atoms with Crippen molar-refractivity contribution < 1.29 is 0 Å². The SMILES string of the molecule is CCCNCc1ccc(Br)cc1N1CCCC1CN(C)C. The highest BCUT2D eigenvalue weighted by molar-refractivity contribution is 9.10. The molecule has 0 spiro atoms. The van der Waals surface area contributed by atoms with E-state index in [9.17, 15) is 0 Å². The lowest BCUT2D eigenvalue weighted by molar-refractivity contribution is 0.372. The fourth-order valence-corrected chi connectivity index (χ4v) is 3.47. The van der Waals surface area contributed by atoms with E-state index in [1.807, 2.05) is 0 Å². The topological polar surface area (TPSA) is 18.5 Å². The first-order valence-electron chi connectivity index (χ1n) is 8.02. The van der Waals surface area contributed by atoms with Crippen LogP contribution in [0.4, 0.5) is 5.69 Å². The number of hydrogen-bond donors (Lipinski definition) is 1. The normalized spacial score (nSPS) is 18.7. The van der Waals surface area contributed by atoms with Gasteiger partial charge in [-0.15, -0.1) is 0 Å². The molecule has 1 fully saturated rings. The van der Waals surface area contributed by atoms with Gasteiger partial charge in [-0.25, -0.2) is 0 Å². The Hall–Kier alpha value is -0.580. The molecular formula is C17H28BrN3. The van der Waals surface area contributed by atoms with E-state index < -0.39 is 0 Å². The van der Waals surface area contributed by atoms with Crippen LogP contribution in [0.15, 0.2) is 22.7 Å². The molecule has 1 aliphatic rings. The minimum atomic E-state index is 0.638. The van der Waals surface area contributed by atoms with E-state index in [-0.39, 0.29) is 0 Å². The van der Waals surface area contributed by atoms with Crippen LogP contribution in [0, 0.1) is 0 Å². The molecule has 0 radical (unpaired) electrons. The van der Waals surface area contributed by atoms with Crippen LogP contribution in [0.25, 0.3) is 0 Å². The monoisotopic (exact) mass is 353 g/mol. The molecule has 1 aromatic rings. The summed E-state index contributed by atoms with van der Waals surface area (Å²) < 4.78 is 1.17. The van der Waals surface area contributed by atoms with E-state index in [4.69, 9.17) is 0 Å². The molecule has 1 unspecified atom stereocenters. The molecule has 21 heavy (non-hydrogen) atoms. The van der Waals surface area contributed by atoms with Gasteiger partial charge in [0.2, 0.25) is 0 Å². The Balaban J connectivity index is 2.17. The molecule has 1 aliphatic heterocycles. The van der Waals surface area contributed by atoms with Gasteiger partial charge in [-0.05, 0) is 57.6 Å². The number of anilines is 1. The van der Waals surface area contributed by atoms with Crippen molar-refractivity contribution in [2.24, 2.45) is 0 Å². The van der Waals surface area contributed by atoms with Crippen LogP contribution in [0.3, 0.4) is 0 Å². The molecule has 3 nitrogen and oxygen atoms in total. The first-order chi connectivity index (χ1) is 10.1. The second-order valence-corrected chi connectivity index (χ2v) is 7.12. The molecular weight excluding hydrogens is 326 g/mol. The first-order valence-corrected chi connectivity index (χ1v) is 8.81. The largest absolute Gasteiger partial charge is 0.367 e. The highest BCUT2D eigenvalue weighted by atomic mass is 79.9. The maximum Gasteiger partial charge on any atom is 0.0426 e. The standard InChI is InChI=1S/C17H28BrN3/c1-4-9-19-12-14-7-8-15(18)11-17(14)21-10-5-6-16(21)13-20(2)3/h7-8,11,16,19H,4-6,9-10,12-13H2,1-3H3. The van der Waals surface area contributed by atoms with Crippen molar-refractivity contribution in [2.75, 3.05) is 38.6 Å². The van der Waals surface area contributed by atoms with Gasteiger partial charge in [0.25, 0.3) is 0 Å². The summed E-state index contributed by atoms with van der Waals surface area (Å²) in [7, 11) is 4.34. The van der Waals surface area contributed by atoms with E-state index in [2.05, 4.69) is 70.3 Å². The summed E-state index contributed by atoms with van der Waals surface area (Å²) in [5, 5.41) is 3.54. The van der Waals surface area contributed by atoms with Gasteiger partial charge < -0.3 is 15.1 Å². The predicted octanol–water partition coefficient (Wildman–Crippen LogP) is 3.48. The van der Waals surface area contributed by atoms with Crippen LogP contribution in [-0.4, -0.2) is 44.7 Å². The van der Waals surface area contributed by atoms with Crippen LogP contribution >= 0.6 is 15.9 Å². The molecule has 0 aliphatic carbocycles. The van der Waals surface area contributed by atoms with E-state index >= 15 is 0 Å². The Morgan fingerprint density at radius 2 is 2.19 bits per heavy atom. The molecule has 2 rings (SSSR count). The molecule has 0 saturated carbocycles. The minimum Gasteiger partial charge on any atom is -0.367 e. The highest BCUT2D eigenvalue weighted by Gasteiger charge is 2.26. The molecule has 0 amide bonds. The van der Waals surface area contributed by atoms with Crippen molar-refractivity contribution in [3.05, 3.63) is 28.2 Å².